The Morgan fingerprint density at radius 3 is 2.62 bits per heavy atom. The summed E-state index contributed by atoms with van der Waals surface area (Å²) in [6.07, 6.45) is 21.1. The molecule has 0 saturated heterocycles. The molecule has 148 valence electrons. The molecular weight excluding hydrogens is 316 g/mol. The van der Waals surface area contributed by atoms with Gasteiger partial charge in [-0.05, 0) is 99.5 Å². The molecule has 6 unspecified atom stereocenters. The van der Waals surface area contributed by atoms with Gasteiger partial charge in [-0.1, -0.05) is 38.5 Å². The van der Waals surface area contributed by atoms with Crippen molar-refractivity contribution in [3.05, 3.63) is 0 Å². The van der Waals surface area contributed by atoms with Gasteiger partial charge in [0.15, 0.2) is 0 Å². The fourth-order valence-corrected chi connectivity index (χ4v) is 9.26. The van der Waals surface area contributed by atoms with Gasteiger partial charge in [0.25, 0.3) is 0 Å². The normalized spacial score (nSPS) is 47.9. The molecule has 7 aliphatic rings. The number of hydrogen-bond donors (Lipinski definition) is 2. The van der Waals surface area contributed by atoms with E-state index in [1.807, 2.05) is 0 Å². The minimum absolute atomic E-state index is 0.621. The molecule has 0 aromatic heterocycles. The SMILES string of the molecule is CNC1CCCC2C3CCC4(CNCCC5CCCCC5)CC3CCC124. The van der Waals surface area contributed by atoms with Crippen molar-refractivity contribution in [1.29, 1.82) is 0 Å². The van der Waals surface area contributed by atoms with Crippen LogP contribution in [0.15, 0.2) is 0 Å². The summed E-state index contributed by atoms with van der Waals surface area (Å²) in [6, 6.07) is 0.797. The number of hydrogen-bond acceptors (Lipinski definition) is 2. The molecule has 2 heteroatoms. The molecule has 0 amide bonds. The van der Waals surface area contributed by atoms with E-state index >= 15 is 0 Å². The van der Waals surface area contributed by atoms with Crippen molar-refractivity contribution in [2.45, 2.75) is 95.9 Å². The lowest BCUT2D eigenvalue weighted by Gasteiger charge is -2.74. The van der Waals surface area contributed by atoms with E-state index in [1.54, 1.807) is 25.7 Å². The van der Waals surface area contributed by atoms with Crippen molar-refractivity contribution in [2.75, 3.05) is 20.1 Å². The summed E-state index contributed by atoms with van der Waals surface area (Å²) in [5, 5.41) is 7.89. The van der Waals surface area contributed by atoms with Gasteiger partial charge in [-0.15, -0.1) is 0 Å². The molecule has 26 heavy (non-hydrogen) atoms. The fourth-order valence-electron chi connectivity index (χ4n) is 9.26. The minimum Gasteiger partial charge on any atom is -0.316 e. The first-order valence-electron chi connectivity index (χ1n) is 12.2. The van der Waals surface area contributed by atoms with Crippen molar-refractivity contribution < 1.29 is 0 Å². The van der Waals surface area contributed by atoms with E-state index in [2.05, 4.69) is 17.7 Å². The molecule has 1 spiro atoms. The van der Waals surface area contributed by atoms with Crippen molar-refractivity contribution in [3.8, 4) is 0 Å². The van der Waals surface area contributed by atoms with Gasteiger partial charge in [0.2, 0.25) is 0 Å². The third-order valence-corrected chi connectivity index (χ3v) is 10.2. The van der Waals surface area contributed by atoms with Crippen molar-refractivity contribution in [2.24, 2.45) is 34.5 Å². The van der Waals surface area contributed by atoms with Crippen LogP contribution >= 0.6 is 0 Å². The number of fused-ring (bicyclic) bond motifs is 2. The molecule has 6 atom stereocenters. The number of rotatable bonds is 6. The smallest absolute Gasteiger partial charge is 0.0129 e. The average molecular weight is 359 g/mol. The molecule has 4 bridgehead atoms. The highest BCUT2D eigenvalue weighted by atomic mass is 15.0. The Bertz CT molecular complexity index is 498. The molecule has 7 rings (SSSR count). The molecule has 7 fully saturated rings. The Balaban J connectivity index is 1.29. The Morgan fingerprint density at radius 1 is 0.885 bits per heavy atom. The van der Waals surface area contributed by atoms with Crippen LogP contribution in [0.4, 0.5) is 0 Å². The second kappa shape index (κ2) is 7.07. The lowest BCUT2D eigenvalue weighted by molar-refractivity contribution is -0.238. The van der Waals surface area contributed by atoms with Gasteiger partial charge in [-0.25, -0.2) is 0 Å². The minimum atomic E-state index is 0.621. The van der Waals surface area contributed by atoms with E-state index in [4.69, 9.17) is 0 Å². The van der Waals surface area contributed by atoms with Gasteiger partial charge in [-0.2, -0.15) is 0 Å². The summed E-state index contributed by atoms with van der Waals surface area (Å²) in [4.78, 5) is 0. The van der Waals surface area contributed by atoms with E-state index in [-0.39, 0.29) is 0 Å². The Hall–Kier alpha value is -0.0800. The van der Waals surface area contributed by atoms with E-state index in [0.717, 1.165) is 29.7 Å². The van der Waals surface area contributed by atoms with Crippen LogP contribution in [0.1, 0.15) is 89.9 Å². The van der Waals surface area contributed by atoms with Gasteiger partial charge in [0, 0.05) is 12.6 Å². The Kier molecular flexibility index (Phi) is 4.89. The summed E-state index contributed by atoms with van der Waals surface area (Å²) in [5.74, 6) is 4.24. The monoisotopic (exact) mass is 358 g/mol. The molecule has 2 N–H and O–H groups in total. The molecule has 0 radical (unpaired) electrons. The van der Waals surface area contributed by atoms with Crippen molar-refractivity contribution >= 4 is 0 Å². The summed E-state index contributed by atoms with van der Waals surface area (Å²) >= 11 is 0. The number of nitrogens with one attached hydrogen (secondary N) is 2. The van der Waals surface area contributed by atoms with Crippen LogP contribution in [-0.4, -0.2) is 26.2 Å². The van der Waals surface area contributed by atoms with Gasteiger partial charge in [0.05, 0.1) is 0 Å². The van der Waals surface area contributed by atoms with Gasteiger partial charge < -0.3 is 10.6 Å². The average Bonchev–Trinajstić information content (AvgIpc) is 2.71. The predicted molar refractivity (Wildman–Crippen MR) is 109 cm³/mol. The van der Waals surface area contributed by atoms with Crippen LogP contribution in [0, 0.1) is 34.5 Å². The summed E-state index contributed by atoms with van der Waals surface area (Å²) in [7, 11) is 2.26. The van der Waals surface area contributed by atoms with E-state index in [9.17, 15) is 0 Å². The first-order valence-corrected chi connectivity index (χ1v) is 12.2. The van der Waals surface area contributed by atoms with Crippen molar-refractivity contribution in [1.82, 2.24) is 10.6 Å². The van der Waals surface area contributed by atoms with Crippen LogP contribution in [0.2, 0.25) is 0 Å². The molecule has 0 aliphatic heterocycles. The fraction of sp³-hybridized carbons (Fsp3) is 1.00. The quantitative estimate of drug-likeness (QED) is 0.643. The third-order valence-electron chi connectivity index (χ3n) is 10.2. The van der Waals surface area contributed by atoms with Crippen LogP contribution in [0.5, 0.6) is 0 Å². The standard InChI is InChI=1S/C24H42N2/c1-25-22-9-5-8-21-20-11-13-23(16-19(20)10-14-24(21,22)23)17-26-15-12-18-6-3-2-4-7-18/h18-22,25-26H,2-17H2,1H3. The first kappa shape index (κ1) is 18.0. The zero-order chi connectivity index (χ0) is 17.6. The molecule has 2 nitrogen and oxygen atoms in total. The lowest BCUT2D eigenvalue weighted by Crippen LogP contribution is -2.72. The third kappa shape index (κ3) is 2.57. The predicted octanol–water partition coefficient (Wildman–Crippen LogP) is 5.13. The topological polar surface area (TPSA) is 24.1 Å². The maximum atomic E-state index is 4.05. The molecule has 7 aliphatic carbocycles. The van der Waals surface area contributed by atoms with Crippen LogP contribution < -0.4 is 10.6 Å². The zero-order valence-corrected chi connectivity index (χ0v) is 17.2. The van der Waals surface area contributed by atoms with Crippen LogP contribution in [-0.2, 0) is 0 Å². The summed E-state index contributed by atoms with van der Waals surface area (Å²) in [5.41, 5.74) is 1.26. The van der Waals surface area contributed by atoms with E-state index in [1.165, 1.54) is 77.3 Å². The Labute approximate surface area is 161 Å². The maximum absolute atomic E-state index is 4.05. The molecule has 0 aromatic carbocycles. The lowest BCUT2D eigenvalue weighted by atomic mass is 9.32. The van der Waals surface area contributed by atoms with Crippen molar-refractivity contribution in [3.63, 3.8) is 0 Å². The van der Waals surface area contributed by atoms with Crippen LogP contribution in [0.3, 0.4) is 0 Å². The van der Waals surface area contributed by atoms with Gasteiger partial charge >= 0.3 is 0 Å². The van der Waals surface area contributed by atoms with E-state index < -0.39 is 0 Å². The van der Waals surface area contributed by atoms with Gasteiger partial charge in [-0.3, -0.25) is 0 Å². The molecular formula is C24H42N2. The summed E-state index contributed by atoms with van der Waals surface area (Å²) in [6.45, 7) is 2.61. The molecule has 7 saturated carbocycles. The largest absolute Gasteiger partial charge is 0.316 e. The Morgan fingerprint density at radius 2 is 1.77 bits per heavy atom. The van der Waals surface area contributed by atoms with Crippen LogP contribution in [0.25, 0.3) is 0 Å². The second-order valence-electron chi connectivity index (χ2n) is 10.9. The molecule has 0 aromatic rings. The first-order chi connectivity index (χ1) is 12.8. The summed E-state index contributed by atoms with van der Waals surface area (Å²) < 4.78 is 0. The maximum Gasteiger partial charge on any atom is 0.0129 e. The highest BCUT2D eigenvalue weighted by Gasteiger charge is 2.70. The molecule has 0 heterocycles. The van der Waals surface area contributed by atoms with Gasteiger partial charge in [0.1, 0.15) is 0 Å². The van der Waals surface area contributed by atoms with E-state index in [0.29, 0.717) is 10.8 Å². The second-order valence-corrected chi connectivity index (χ2v) is 10.9. The zero-order valence-electron chi connectivity index (χ0n) is 17.2. The highest BCUT2D eigenvalue weighted by molar-refractivity contribution is 5.21. The highest BCUT2D eigenvalue weighted by Crippen LogP contribution is 2.74.